The quantitative estimate of drug-likeness (QED) is 0.806. The SMILES string of the molecule is CCN(CC(F)(F)F)C(=O)C1CCNCC1. The maximum absolute atomic E-state index is 12.2. The molecule has 1 rings (SSSR count). The molecular weight excluding hydrogens is 221 g/mol. The lowest BCUT2D eigenvalue weighted by molar-refractivity contribution is -0.163. The van der Waals surface area contributed by atoms with Gasteiger partial charge in [0, 0.05) is 12.5 Å². The number of nitrogens with one attached hydrogen (secondary N) is 1. The van der Waals surface area contributed by atoms with Crippen LogP contribution in [0.4, 0.5) is 13.2 Å². The van der Waals surface area contributed by atoms with E-state index in [4.69, 9.17) is 0 Å². The molecule has 1 amide bonds. The second kappa shape index (κ2) is 5.52. The van der Waals surface area contributed by atoms with E-state index in [9.17, 15) is 18.0 Å². The van der Waals surface area contributed by atoms with Crippen LogP contribution in [0.15, 0.2) is 0 Å². The van der Waals surface area contributed by atoms with Crippen molar-refractivity contribution in [3.8, 4) is 0 Å². The Balaban J connectivity index is 2.54. The van der Waals surface area contributed by atoms with Gasteiger partial charge in [-0.1, -0.05) is 0 Å². The number of hydrogen-bond acceptors (Lipinski definition) is 2. The molecule has 6 heteroatoms. The molecular formula is C10H17F3N2O. The third-order valence-corrected chi connectivity index (χ3v) is 2.75. The van der Waals surface area contributed by atoms with Crippen molar-refractivity contribution in [1.29, 1.82) is 0 Å². The van der Waals surface area contributed by atoms with Crippen molar-refractivity contribution in [1.82, 2.24) is 10.2 Å². The van der Waals surface area contributed by atoms with E-state index in [1.165, 1.54) is 0 Å². The van der Waals surface area contributed by atoms with E-state index in [-0.39, 0.29) is 18.4 Å². The molecule has 0 spiro atoms. The first-order chi connectivity index (χ1) is 7.44. The molecule has 0 aliphatic carbocycles. The van der Waals surface area contributed by atoms with Crippen molar-refractivity contribution in [2.45, 2.75) is 25.9 Å². The van der Waals surface area contributed by atoms with Gasteiger partial charge in [-0.25, -0.2) is 0 Å². The summed E-state index contributed by atoms with van der Waals surface area (Å²) in [6, 6.07) is 0. The number of alkyl halides is 3. The summed E-state index contributed by atoms with van der Waals surface area (Å²) in [5, 5.41) is 3.08. The van der Waals surface area contributed by atoms with Gasteiger partial charge in [0.1, 0.15) is 6.54 Å². The van der Waals surface area contributed by atoms with Crippen LogP contribution in [0, 0.1) is 5.92 Å². The minimum absolute atomic E-state index is 0.113. The number of nitrogens with zero attached hydrogens (tertiary/aromatic N) is 1. The molecule has 1 fully saturated rings. The minimum atomic E-state index is -4.31. The Morgan fingerprint density at radius 1 is 1.38 bits per heavy atom. The van der Waals surface area contributed by atoms with Crippen LogP contribution in [-0.4, -0.2) is 43.2 Å². The molecule has 0 bridgehead atoms. The summed E-state index contributed by atoms with van der Waals surface area (Å²) in [6.45, 7) is 1.97. The number of amides is 1. The molecule has 0 aromatic carbocycles. The molecule has 0 saturated carbocycles. The van der Waals surface area contributed by atoms with Crippen LogP contribution in [0.1, 0.15) is 19.8 Å². The highest BCUT2D eigenvalue weighted by Crippen LogP contribution is 2.20. The smallest absolute Gasteiger partial charge is 0.334 e. The largest absolute Gasteiger partial charge is 0.406 e. The van der Waals surface area contributed by atoms with Gasteiger partial charge in [0.05, 0.1) is 0 Å². The lowest BCUT2D eigenvalue weighted by atomic mass is 9.96. The normalized spacial score (nSPS) is 18.5. The van der Waals surface area contributed by atoms with Crippen LogP contribution >= 0.6 is 0 Å². The second-order valence-corrected chi connectivity index (χ2v) is 3.99. The molecule has 0 atom stereocenters. The first-order valence-corrected chi connectivity index (χ1v) is 5.50. The summed E-state index contributed by atoms with van der Waals surface area (Å²) in [6.07, 6.45) is -3.04. The fourth-order valence-electron chi connectivity index (χ4n) is 1.89. The third kappa shape index (κ3) is 4.00. The van der Waals surface area contributed by atoms with Crippen LogP contribution in [0.3, 0.4) is 0 Å². The molecule has 1 aliphatic rings. The monoisotopic (exact) mass is 238 g/mol. The molecule has 1 aliphatic heterocycles. The Morgan fingerprint density at radius 3 is 2.38 bits per heavy atom. The van der Waals surface area contributed by atoms with E-state index in [0.29, 0.717) is 25.9 Å². The van der Waals surface area contributed by atoms with E-state index in [2.05, 4.69) is 5.32 Å². The Morgan fingerprint density at radius 2 is 1.94 bits per heavy atom. The topological polar surface area (TPSA) is 32.3 Å². The van der Waals surface area contributed by atoms with E-state index in [1.54, 1.807) is 6.92 Å². The lowest BCUT2D eigenvalue weighted by Crippen LogP contribution is -2.44. The Bertz CT molecular complexity index is 237. The van der Waals surface area contributed by atoms with Gasteiger partial charge in [-0.05, 0) is 32.9 Å². The maximum Gasteiger partial charge on any atom is 0.406 e. The van der Waals surface area contributed by atoms with Crippen molar-refractivity contribution in [2.24, 2.45) is 5.92 Å². The Hall–Kier alpha value is -0.780. The molecule has 1 heterocycles. The van der Waals surface area contributed by atoms with Gasteiger partial charge < -0.3 is 10.2 Å². The molecule has 94 valence electrons. The Kier molecular flexibility index (Phi) is 4.58. The minimum Gasteiger partial charge on any atom is -0.334 e. The van der Waals surface area contributed by atoms with Gasteiger partial charge in [-0.3, -0.25) is 4.79 Å². The summed E-state index contributed by atoms with van der Waals surface area (Å²) >= 11 is 0. The summed E-state index contributed by atoms with van der Waals surface area (Å²) in [7, 11) is 0. The summed E-state index contributed by atoms with van der Waals surface area (Å²) < 4.78 is 36.6. The fourth-order valence-corrected chi connectivity index (χ4v) is 1.89. The molecule has 1 saturated heterocycles. The van der Waals surface area contributed by atoms with E-state index in [1.807, 2.05) is 0 Å². The highest BCUT2D eigenvalue weighted by atomic mass is 19.4. The molecule has 0 unspecified atom stereocenters. The van der Waals surface area contributed by atoms with Crippen LogP contribution in [0.5, 0.6) is 0 Å². The highest BCUT2D eigenvalue weighted by molar-refractivity contribution is 5.79. The first kappa shape index (κ1) is 13.3. The van der Waals surface area contributed by atoms with Gasteiger partial charge in [0.25, 0.3) is 0 Å². The number of rotatable bonds is 3. The van der Waals surface area contributed by atoms with Crippen molar-refractivity contribution in [3.05, 3.63) is 0 Å². The molecule has 3 nitrogen and oxygen atoms in total. The lowest BCUT2D eigenvalue weighted by Gasteiger charge is -2.29. The zero-order valence-electron chi connectivity index (χ0n) is 9.31. The second-order valence-electron chi connectivity index (χ2n) is 3.99. The third-order valence-electron chi connectivity index (χ3n) is 2.75. The standard InChI is InChI=1S/C10H17F3N2O/c1-2-15(7-10(11,12)13)9(16)8-3-5-14-6-4-8/h8,14H,2-7H2,1H3. The fraction of sp³-hybridized carbons (Fsp3) is 0.900. The van der Waals surface area contributed by atoms with Crippen molar-refractivity contribution in [3.63, 3.8) is 0 Å². The van der Waals surface area contributed by atoms with Gasteiger partial charge in [-0.2, -0.15) is 13.2 Å². The predicted octanol–water partition coefficient (Wildman–Crippen LogP) is 1.40. The van der Waals surface area contributed by atoms with Crippen LogP contribution in [0.25, 0.3) is 0 Å². The van der Waals surface area contributed by atoms with E-state index in [0.717, 1.165) is 4.90 Å². The van der Waals surface area contributed by atoms with Gasteiger partial charge in [-0.15, -0.1) is 0 Å². The van der Waals surface area contributed by atoms with E-state index >= 15 is 0 Å². The van der Waals surface area contributed by atoms with Crippen molar-refractivity contribution in [2.75, 3.05) is 26.2 Å². The highest BCUT2D eigenvalue weighted by Gasteiger charge is 2.34. The first-order valence-electron chi connectivity index (χ1n) is 5.50. The van der Waals surface area contributed by atoms with Gasteiger partial charge in [0.15, 0.2) is 0 Å². The van der Waals surface area contributed by atoms with Crippen LogP contribution < -0.4 is 5.32 Å². The summed E-state index contributed by atoms with van der Waals surface area (Å²) in [5.74, 6) is -0.607. The average molecular weight is 238 g/mol. The number of carbonyl (C=O) groups is 1. The van der Waals surface area contributed by atoms with Gasteiger partial charge >= 0.3 is 6.18 Å². The number of hydrogen-bond donors (Lipinski definition) is 1. The van der Waals surface area contributed by atoms with Crippen LogP contribution in [0.2, 0.25) is 0 Å². The molecule has 0 radical (unpaired) electrons. The van der Waals surface area contributed by atoms with Crippen LogP contribution in [-0.2, 0) is 4.79 Å². The zero-order chi connectivity index (χ0) is 12.2. The maximum atomic E-state index is 12.2. The van der Waals surface area contributed by atoms with Crippen molar-refractivity contribution < 1.29 is 18.0 Å². The number of halogens is 3. The number of carbonyl (C=O) groups excluding carboxylic acids is 1. The van der Waals surface area contributed by atoms with E-state index < -0.39 is 12.7 Å². The van der Waals surface area contributed by atoms with Crippen molar-refractivity contribution >= 4 is 5.91 Å². The predicted molar refractivity (Wildman–Crippen MR) is 53.9 cm³/mol. The zero-order valence-corrected chi connectivity index (χ0v) is 9.31. The number of piperidine rings is 1. The Labute approximate surface area is 93.0 Å². The van der Waals surface area contributed by atoms with Gasteiger partial charge in [0.2, 0.25) is 5.91 Å². The molecule has 1 N–H and O–H groups in total. The molecule has 16 heavy (non-hydrogen) atoms. The summed E-state index contributed by atoms with van der Waals surface area (Å²) in [4.78, 5) is 12.7. The average Bonchev–Trinajstić information content (AvgIpc) is 2.25. The molecule has 0 aromatic rings. The summed E-state index contributed by atoms with van der Waals surface area (Å²) in [5.41, 5.74) is 0. The molecule has 0 aromatic heterocycles.